The van der Waals surface area contributed by atoms with Gasteiger partial charge in [-0.1, -0.05) is 334 Å². The lowest BCUT2D eigenvalue weighted by Gasteiger charge is -2.30. The second-order valence-corrected chi connectivity index (χ2v) is 27.9. The van der Waals surface area contributed by atoms with E-state index in [9.17, 15) is 19.0 Å². The standard InChI is InChI=1S/C73H143N2O7P/c1-7-10-13-16-19-22-25-28-30-32-34-36-37-39-41-43-45-48-51-54-57-60-63-66-73(77)82-71(64-61-58-55-52-49-46-27-24-21-18-15-12-9-3)70(69-81-83(78,79)80-68-67-75(4,5)6)74-72(76)65-62-59-56-53-50-47-44-42-40-38-35-33-31-29-26-23-20-17-14-11-8-2/h29,31,61,64,70-71H,7-28,30,32-60,62-63,65-69H2,1-6H3,(H-,74,76,78,79)/b31-29+,64-61+. The van der Waals surface area contributed by atoms with Crippen LogP contribution in [-0.4, -0.2) is 69.4 Å². The molecule has 3 unspecified atom stereocenters. The minimum absolute atomic E-state index is 0.0182. The van der Waals surface area contributed by atoms with E-state index in [1.165, 1.54) is 289 Å². The summed E-state index contributed by atoms with van der Waals surface area (Å²) in [5, 5.41) is 3.05. The summed E-state index contributed by atoms with van der Waals surface area (Å²) in [6.45, 7) is 6.92. The van der Waals surface area contributed by atoms with E-state index in [0.29, 0.717) is 17.4 Å². The minimum Gasteiger partial charge on any atom is -0.756 e. The van der Waals surface area contributed by atoms with Gasteiger partial charge >= 0.3 is 5.97 Å². The van der Waals surface area contributed by atoms with Gasteiger partial charge in [-0.15, -0.1) is 0 Å². The molecule has 3 atom stereocenters. The summed E-state index contributed by atoms with van der Waals surface area (Å²) >= 11 is 0. The zero-order chi connectivity index (χ0) is 60.7. The SMILES string of the molecule is CCCCCCCC/C=C/CCCCCCCCCCCCCC(=O)NC(COP(=O)([O-])OCC[N+](C)(C)C)C(/C=C/CCCCCCCCCCCCC)OC(=O)CCCCCCCCCCCCCCCCCCCCCCCCC. The molecule has 0 rings (SSSR count). The second kappa shape index (κ2) is 63.5. The van der Waals surface area contributed by atoms with Gasteiger partial charge in [-0.05, 0) is 57.4 Å². The topological polar surface area (TPSA) is 114 Å². The van der Waals surface area contributed by atoms with Crippen molar-refractivity contribution in [3.8, 4) is 0 Å². The molecule has 492 valence electrons. The molecule has 9 nitrogen and oxygen atoms in total. The van der Waals surface area contributed by atoms with E-state index in [0.717, 1.165) is 57.8 Å². The average Bonchev–Trinajstić information content (AvgIpc) is 3.46. The molecule has 0 aromatic rings. The zero-order valence-corrected chi connectivity index (χ0v) is 57.3. The summed E-state index contributed by atoms with van der Waals surface area (Å²) in [4.78, 5) is 40.2. The Morgan fingerprint density at radius 3 is 1.02 bits per heavy atom. The van der Waals surface area contributed by atoms with Gasteiger partial charge in [0.25, 0.3) is 7.82 Å². The molecule has 1 amide bonds. The van der Waals surface area contributed by atoms with Gasteiger partial charge < -0.3 is 28.5 Å². The van der Waals surface area contributed by atoms with Gasteiger partial charge in [0.05, 0.1) is 33.8 Å². The van der Waals surface area contributed by atoms with E-state index in [1.54, 1.807) is 0 Å². The molecule has 0 radical (unpaired) electrons. The number of phosphoric acid groups is 1. The number of ether oxygens (including phenoxy) is 1. The highest BCUT2D eigenvalue weighted by Gasteiger charge is 2.27. The first kappa shape index (κ1) is 81.5. The highest BCUT2D eigenvalue weighted by molar-refractivity contribution is 7.45. The predicted octanol–water partition coefficient (Wildman–Crippen LogP) is 22.6. The summed E-state index contributed by atoms with van der Waals surface area (Å²) in [5.74, 6) is -0.517. The first-order valence-corrected chi connectivity index (χ1v) is 38.1. The molecule has 0 fully saturated rings. The summed E-state index contributed by atoms with van der Waals surface area (Å²) in [6.07, 6.45) is 77.3. The van der Waals surface area contributed by atoms with Crippen LogP contribution in [0.1, 0.15) is 380 Å². The van der Waals surface area contributed by atoms with Crippen LogP contribution in [0.5, 0.6) is 0 Å². The van der Waals surface area contributed by atoms with Gasteiger partial charge in [0.1, 0.15) is 19.3 Å². The highest BCUT2D eigenvalue weighted by atomic mass is 31.2. The van der Waals surface area contributed by atoms with E-state index in [-0.39, 0.29) is 31.5 Å². The number of carbonyl (C=O) groups excluding carboxylic acids is 2. The molecular formula is C73H143N2O7P. The number of allylic oxidation sites excluding steroid dienone is 3. The number of likely N-dealkylation sites (N-methyl/N-ethyl adjacent to an activating group) is 1. The Bertz CT molecular complexity index is 1470. The number of phosphoric ester groups is 1. The average molecular weight is 1190 g/mol. The Morgan fingerprint density at radius 1 is 0.410 bits per heavy atom. The van der Waals surface area contributed by atoms with Crippen LogP contribution in [0.15, 0.2) is 24.3 Å². The third-order valence-corrected chi connectivity index (χ3v) is 17.8. The van der Waals surface area contributed by atoms with Gasteiger partial charge in [0.2, 0.25) is 5.91 Å². The van der Waals surface area contributed by atoms with Crippen LogP contribution >= 0.6 is 7.82 Å². The molecular weight excluding hydrogens is 1050 g/mol. The molecule has 0 aromatic heterocycles. The first-order valence-electron chi connectivity index (χ1n) is 36.6. The molecule has 0 saturated heterocycles. The quantitative estimate of drug-likeness (QED) is 0.0212. The van der Waals surface area contributed by atoms with Crippen molar-refractivity contribution in [1.82, 2.24) is 5.32 Å². The molecule has 0 bridgehead atoms. The number of unbranched alkanes of at least 4 members (excludes halogenated alkanes) is 50. The maximum atomic E-state index is 13.6. The fraction of sp³-hybridized carbons (Fsp3) is 0.918. The lowest BCUT2D eigenvalue weighted by atomic mass is 10.0. The minimum atomic E-state index is -4.70. The number of esters is 1. The third-order valence-electron chi connectivity index (χ3n) is 16.9. The molecule has 0 aliphatic heterocycles. The number of nitrogens with zero attached hydrogens (tertiary/aromatic N) is 1. The molecule has 10 heteroatoms. The van der Waals surface area contributed by atoms with E-state index in [2.05, 4.69) is 38.2 Å². The highest BCUT2D eigenvalue weighted by Crippen LogP contribution is 2.38. The van der Waals surface area contributed by atoms with Crippen molar-refractivity contribution in [2.45, 2.75) is 392 Å². The summed E-state index contributed by atoms with van der Waals surface area (Å²) in [7, 11) is 1.21. The molecule has 0 saturated carbocycles. The summed E-state index contributed by atoms with van der Waals surface area (Å²) < 4.78 is 30.5. The molecule has 0 aromatic carbocycles. The van der Waals surface area contributed by atoms with Crippen molar-refractivity contribution in [2.75, 3.05) is 40.9 Å². The Balaban J connectivity index is 5.05. The monoisotopic (exact) mass is 1190 g/mol. The fourth-order valence-electron chi connectivity index (χ4n) is 11.2. The second-order valence-electron chi connectivity index (χ2n) is 26.5. The zero-order valence-electron chi connectivity index (χ0n) is 56.4. The molecule has 1 N–H and O–H groups in total. The van der Waals surface area contributed by atoms with Crippen LogP contribution in [0.3, 0.4) is 0 Å². The van der Waals surface area contributed by atoms with Crippen LogP contribution in [0.4, 0.5) is 0 Å². The fourth-order valence-corrected chi connectivity index (χ4v) is 12.0. The Kier molecular flexibility index (Phi) is 62.4. The molecule has 0 heterocycles. The van der Waals surface area contributed by atoms with Gasteiger partial charge in [-0.25, -0.2) is 0 Å². The molecule has 0 aliphatic carbocycles. The van der Waals surface area contributed by atoms with E-state index in [1.807, 2.05) is 33.3 Å². The van der Waals surface area contributed by atoms with Gasteiger partial charge in [-0.2, -0.15) is 0 Å². The predicted molar refractivity (Wildman–Crippen MR) is 358 cm³/mol. The van der Waals surface area contributed by atoms with Crippen LogP contribution in [-0.2, 0) is 27.9 Å². The first-order chi connectivity index (χ1) is 40.4. The van der Waals surface area contributed by atoms with Crippen LogP contribution in [0.25, 0.3) is 0 Å². The third kappa shape index (κ3) is 64.8. The largest absolute Gasteiger partial charge is 0.756 e. The Hall–Kier alpha value is -1.51. The smallest absolute Gasteiger partial charge is 0.306 e. The molecule has 83 heavy (non-hydrogen) atoms. The summed E-state index contributed by atoms with van der Waals surface area (Å²) in [6, 6.07) is -0.884. The lowest BCUT2D eigenvalue weighted by molar-refractivity contribution is -0.870. The van der Waals surface area contributed by atoms with Crippen molar-refractivity contribution >= 4 is 19.7 Å². The maximum Gasteiger partial charge on any atom is 0.306 e. The number of hydrogen-bond acceptors (Lipinski definition) is 7. The van der Waals surface area contributed by atoms with Gasteiger partial charge in [0.15, 0.2) is 0 Å². The normalized spacial score (nSPS) is 13.6. The van der Waals surface area contributed by atoms with Crippen molar-refractivity contribution in [3.63, 3.8) is 0 Å². The van der Waals surface area contributed by atoms with Crippen molar-refractivity contribution in [3.05, 3.63) is 24.3 Å². The van der Waals surface area contributed by atoms with Crippen molar-refractivity contribution < 1.29 is 37.3 Å². The number of hydrogen-bond donors (Lipinski definition) is 1. The van der Waals surface area contributed by atoms with Gasteiger partial charge in [-0.3, -0.25) is 14.2 Å². The number of rotatable bonds is 68. The number of nitrogens with one attached hydrogen (secondary N) is 1. The lowest BCUT2D eigenvalue weighted by Crippen LogP contribution is -2.47. The van der Waals surface area contributed by atoms with Crippen molar-refractivity contribution in [1.29, 1.82) is 0 Å². The summed E-state index contributed by atoms with van der Waals surface area (Å²) in [5.41, 5.74) is 0. The Morgan fingerprint density at radius 2 is 0.699 bits per heavy atom. The van der Waals surface area contributed by atoms with E-state index in [4.69, 9.17) is 13.8 Å². The van der Waals surface area contributed by atoms with Crippen LogP contribution in [0, 0.1) is 0 Å². The number of quaternary nitrogens is 1. The molecule has 0 spiro atoms. The number of carbonyl (C=O) groups is 2. The van der Waals surface area contributed by atoms with E-state index < -0.39 is 20.0 Å². The number of amides is 1. The van der Waals surface area contributed by atoms with Crippen LogP contribution in [0.2, 0.25) is 0 Å². The molecule has 0 aliphatic rings. The maximum absolute atomic E-state index is 13.6. The van der Waals surface area contributed by atoms with E-state index >= 15 is 0 Å². The Labute approximate surface area is 517 Å². The van der Waals surface area contributed by atoms with Crippen molar-refractivity contribution in [2.24, 2.45) is 0 Å². The van der Waals surface area contributed by atoms with Crippen LogP contribution < -0.4 is 10.2 Å². The van der Waals surface area contributed by atoms with Gasteiger partial charge in [0, 0.05) is 12.8 Å².